The van der Waals surface area contributed by atoms with E-state index < -0.39 is 0 Å². The molecule has 0 bridgehead atoms. The molecule has 0 spiro atoms. The summed E-state index contributed by atoms with van der Waals surface area (Å²) in [6.07, 6.45) is 2.63. The fourth-order valence-electron chi connectivity index (χ4n) is 4.97. The van der Waals surface area contributed by atoms with Gasteiger partial charge in [0.05, 0.1) is 20.4 Å². The van der Waals surface area contributed by atoms with E-state index in [0.29, 0.717) is 24.7 Å². The minimum absolute atomic E-state index is 0.00216. The molecule has 1 aliphatic rings. The Balaban J connectivity index is 1.35. The van der Waals surface area contributed by atoms with Crippen LogP contribution in [0.1, 0.15) is 48.4 Å². The first-order valence-electron chi connectivity index (χ1n) is 12.2. The lowest BCUT2D eigenvalue weighted by Crippen LogP contribution is -2.46. The van der Waals surface area contributed by atoms with Gasteiger partial charge in [-0.05, 0) is 57.4 Å². The molecule has 5 rings (SSSR count). The number of amides is 1. The minimum Gasteiger partial charge on any atom is -0.355 e. The number of halogens is 1. The Hall–Kier alpha value is -2.61. The van der Waals surface area contributed by atoms with Crippen molar-refractivity contribution in [2.45, 2.75) is 58.7 Å². The molecule has 4 aromatic rings. The molecular formula is C27H31ClN4O2S. The highest BCUT2D eigenvalue weighted by molar-refractivity contribution is 7.19. The number of aromatic nitrogens is 2. The Kier molecular flexibility index (Phi) is 7.00. The third-order valence-electron chi connectivity index (χ3n) is 6.92. The average Bonchev–Trinajstić information content (AvgIpc) is 3.56. The van der Waals surface area contributed by atoms with E-state index in [1.807, 2.05) is 30.3 Å². The summed E-state index contributed by atoms with van der Waals surface area (Å²) < 4.78 is 8.42. The maximum atomic E-state index is 13.4. The average molecular weight is 511 g/mol. The number of benzene rings is 1. The number of para-hydroxylation sites is 1. The summed E-state index contributed by atoms with van der Waals surface area (Å²) in [4.78, 5) is 16.9. The smallest absolute Gasteiger partial charge is 0.268 e. The van der Waals surface area contributed by atoms with E-state index in [1.165, 1.54) is 11.3 Å². The molecule has 1 fully saturated rings. The van der Waals surface area contributed by atoms with Gasteiger partial charge in [0.25, 0.3) is 5.91 Å². The van der Waals surface area contributed by atoms with Crippen molar-refractivity contribution in [3.05, 3.63) is 63.8 Å². The van der Waals surface area contributed by atoms with Crippen LogP contribution in [0.3, 0.4) is 0 Å². The van der Waals surface area contributed by atoms with Gasteiger partial charge in [-0.25, -0.2) is 0 Å². The van der Waals surface area contributed by atoms with Crippen LogP contribution in [0.4, 0.5) is 0 Å². The number of carbonyl (C=O) groups is 1. The van der Waals surface area contributed by atoms with Crippen LogP contribution < -0.4 is 5.32 Å². The van der Waals surface area contributed by atoms with Crippen molar-refractivity contribution >= 4 is 39.7 Å². The van der Waals surface area contributed by atoms with Crippen molar-refractivity contribution < 1.29 is 9.32 Å². The van der Waals surface area contributed by atoms with Gasteiger partial charge < -0.3 is 19.3 Å². The summed E-state index contributed by atoms with van der Waals surface area (Å²) in [7, 11) is 0. The number of hydrogen-bond donors (Lipinski definition) is 1. The van der Waals surface area contributed by atoms with E-state index >= 15 is 0 Å². The van der Waals surface area contributed by atoms with E-state index in [9.17, 15) is 4.79 Å². The molecule has 8 heteroatoms. The SMILES string of the molecule is Cc1cccc2cc(C(=O)NC3CCN(C(C)C)CC3)n(CCc3cc(-c4ccc(Cl)s4)on3)c12. The summed E-state index contributed by atoms with van der Waals surface area (Å²) in [5.41, 5.74) is 3.81. The summed E-state index contributed by atoms with van der Waals surface area (Å²) >= 11 is 7.54. The fourth-order valence-corrected chi connectivity index (χ4v) is 5.96. The van der Waals surface area contributed by atoms with Gasteiger partial charge in [-0.3, -0.25) is 4.79 Å². The Morgan fingerprint density at radius 3 is 2.74 bits per heavy atom. The molecule has 1 aliphatic heterocycles. The first-order chi connectivity index (χ1) is 16.9. The highest BCUT2D eigenvalue weighted by Crippen LogP contribution is 2.31. The number of piperidine rings is 1. The van der Waals surface area contributed by atoms with Gasteiger partial charge in [0, 0.05) is 49.6 Å². The van der Waals surface area contributed by atoms with E-state index in [1.54, 1.807) is 0 Å². The van der Waals surface area contributed by atoms with Crippen LogP contribution in [0, 0.1) is 6.92 Å². The van der Waals surface area contributed by atoms with Crippen LogP contribution in [0.15, 0.2) is 47.0 Å². The van der Waals surface area contributed by atoms with Gasteiger partial charge in [-0.2, -0.15) is 0 Å². The van der Waals surface area contributed by atoms with Gasteiger partial charge in [0.15, 0.2) is 5.76 Å². The zero-order valence-corrected chi connectivity index (χ0v) is 22.0. The summed E-state index contributed by atoms with van der Waals surface area (Å²) in [5.74, 6) is 0.716. The van der Waals surface area contributed by atoms with Gasteiger partial charge in [-0.1, -0.05) is 35.0 Å². The number of rotatable bonds is 7. The van der Waals surface area contributed by atoms with Crippen LogP contribution in [0.25, 0.3) is 21.5 Å². The summed E-state index contributed by atoms with van der Waals surface area (Å²) in [6.45, 7) is 9.24. The van der Waals surface area contributed by atoms with Crippen molar-refractivity contribution in [2.75, 3.05) is 13.1 Å². The molecule has 4 heterocycles. The largest absolute Gasteiger partial charge is 0.355 e. The Morgan fingerprint density at radius 1 is 1.23 bits per heavy atom. The second kappa shape index (κ2) is 10.2. The Labute approximate surface area is 214 Å². The second-order valence-electron chi connectivity index (χ2n) is 9.61. The third kappa shape index (κ3) is 5.17. The molecule has 0 radical (unpaired) electrons. The highest BCUT2D eigenvalue weighted by Gasteiger charge is 2.24. The van der Waals surface area contributed by atoms with Gasteiger partial charge in [-0.15, -0.1) is 11.3 Å². The molecule has 1 N–H and O–H groups in total. The summed E-state index contributed by atoms with van der Waals surface area (Å²) in [6, 6.07) is 14.7. The van der Waals surface area contributed by atoms with E-state index in [4.69, 9.17) is 16.1 Å². The number of nitrogens with one attached hydrogen (secondary N) is 1. The molecule has 184 valence electrons. The lowest BCUT2D eigenvalue weighted by molar-refractivity contribution is 0.0891. The number of hydrogen-bond acceptors (Lipinski definition) is 5. The monoisotopic (exact) mass is 510 g/mol. The number of aryl methyl sites for hydroxylation is 3. The Bertz CT molecular complexity index is 1330. The number of fused-ring (bicyclic) bond motifs is 1. The number of nitrogens with zero attached hydrogens (tertiary/aromatic N) is 3. The molecule has 0 saturated carbocycles. The van der Waals surface area contributed by atoms with Gasteiger partial charge in [0.2, 0.25) is 0 Å². The molecule has 0 aliphatic carbocycles. The second-order valence-corrected chi connectivity index (χ2v) is 11.3. The minimum atomic E-state index is -0.00216. The predicted molar refractivity (Wildman–Crippen MR) is 142 cm³/mol. The molecule has 3 aromatic heterocycles. The third-order valence-corrected chi connectivity index (χ3v) is 8.16. The zero-order valence-electron chi connectivity index (χ0n) is 20.4. The lowest BCUT2D eigenvalue weighted by atomic mass is 10.0. The predicted octanol–water partition coefficient (Wildman–Crippen LogP) is 6.16. The summed E-state index contributed by atoms with van der Waals surface area (Å²) in [5, 5.41) is 8.66. The van der Waals surface area contributed by atoms with Crippen molar-refractivity contribution in [3.8, 4) is 10.6 Å². The van der Waals surface area contributed by atoms with Gasteiger partial charge >= 0.3 is 0 Å². The zero-order chi connectivity index (χ0) is 24.5. The van der Waals surface area contributed by atoms with Crippen LogP contribution in [-0.4, -0.2) is 45.7 Å². The van der Waals surface area contributed by atoms with E-state index in [0.717, 1.165) is 63.1 Å². The van der Waals surface area contributed by atoms with Crippen LogP contribution in [0.5, 0.6) is 0 Å². The van der Waals surface area contributed by atoms with E-state index in [2.05, 4.69) is 52.8 Å². The highest BCUT2D eigenvalue weighted by atomic mass is 35.5. The van der Waals surface area contributed by atoms with Crippen LogP contribution in [0.2, 0.25) is 4.34 Å². The molecule has 1 amide bonds. The number of carbonyl (C=O) groups excluding carboxylic acids is 1. The van der Waals surface area contributed by atoms with E-state index in [-0.39, 0.29) is 11.9 Å². The van der Waals surface area contributed by atoms with Crippen molar-refractivity contribution in [2.24, 2.45) is 0 Å². The number of likely N-dealkylation sites (tertiary alicyclic amines) is 1. The topological polar surface area (TPSA) is 63.3 Å². The van der Waals surface area contributed by atoms with Crippen LogP contribution >= 0.6 is 22.9 Å². The maximum absolute atomic E-state index is 13.4. The van der Waals surface area contributed by atoms with Crippen molar-refractivity contribution in [1.29, 1.82) is 0 Å². The van der Waals surface area contributed by atoms with Crippen molar-refractivity contribution in [3.63, 3.8) is 0 Å². The fraction of sp³-hybridized carbons (Fsp3) is 0.407. The molecule has 0 atom stereocenters. The first-order valence-corrected chi connectivity index (χ1v) is 13.4. The normalized spacial score (nSPS) is 15.3. The molecular weight excluding hydrogens is 480 g/mol. The van der Waals surface area contributed by atoms with Gasteiger partial charge in [0.1, 0.15) is 5.69 Å². The standard InChI is InChI=1S/C27H31ClN4O2S/c1-17(2)31-12-9-20(10-13-31)29-27(33)22-15-19-6-4-5-18(3)26(19)32(22)14-11-21-16-23(34-30-21)24-7-8-25(28)35-24/h4-8,15-17,20H,9-14H2,1-3H3,(H,29,33). The quantitative estimate of drug-likeness (QED) is 0.323. The number of thiophene rings is 1. The molecule has 1 saturated heterocycles. The Morgan fingerprint density at radius 2 is 2.03 bits per heavy atom. The molecule has 35 heavy (non-hydrogen) atoms. The maximum Gasteiger partial charge on any atom is 0.268 e. The van der Waals surface area contributed by atoms with Crippen LogP contribution in [-0.2, 0) is 13.0 Å². The molecule has 1 aromatic carbocycles. The lowest BCUT2D eigenvalue weighted by Gasteiger charge is -2.34. The molecule has 0 unspecified atom stereocenters. The van der Waals surface area contributed by atoms with Crippen molar-refractivity contribution in [1.82, 2.24) is 19.9 Å². The first kappa shape index (κ1) is 24.1. The molecule has 6 nitrogen and oxygen atoms in total.